The topological polar surface area (TPSA) is 140 Å². The number of benzene rings is 1. The molecule has 11 nitrogen and oxygen atoms in total. The van der Waals surface area contributed by atoms with E-state index in [9.17, 15) is 22.8 Å². The Balaban J connectivity index is 1.46. The quantitative estimate of drug-likeness (QED) is 0.261. The molecule has 44 heavy (non-hydrogen) atoms. The number of anilines is 3. The normalized spacial score (nSPS) is 21.0. The van der Waals surface area contributed by atoms with Gasteiger partial charge in [0.05, 0.1) is 33.6 Å². The molecule has 1 atom stereocenters. The minimum absolute atomic E-state index is 0.0607. The van der Waals surface area contributed by atoms with Gasteiger partial charge < -0.3 is 26.0 Å². The van der Waals surface area contributed by atoms with Gasteiger partial charge in [0.15, 0.2) is 5.65 Å². The molecule has 5 rings (SSSR count). The lowest BCUT2D eigenvalue weighted by Gasteiger charge is -2.33. The van der Waals surface area contributed by atoms with Crippen molar-refractivity contribution in [2.75, 3.05) is 23.7 Å². The molecular weight excluding hydrogens is 624 g/mol. The number of likely N-dealkylation sites (tertiary alicyclic amines) is 1. The van der Waals surface area contributed by atoms with Gasteiger partial charge in [0, 0.05) is 31.1 Å². The van der Waals surface area contributed by atoms with Crippen molar-refractivity contribution in [1.29, 1.82) is 0 Å². The van der Waals surface area contributed by atoms with Crippen molar-refractivity contribution < 1.29 is 27.5 Å². The van der Waals surface area contributed by atoms with Crippen LogP contribution in [0.25, 0.3) is 11.2 Å². The smallest absolute Gasteiger partial charge is 0.416 e. The standard InChI is InChI=1S/C28H33Cl2F3N8O3/c1-14(2)44-27(43)40-9-3-4-17(13-40)36-25-35-12-21-24(39-25)41(18-7-5-15(6-8-18)23(34)42)26(37-21)38-22-19(29)10-16(11-20(22)30)28(31,32)33/h10-12,14-15,17-18H,3-9,13H2,1-2H3,(H2,34,42)(H,37,38)(H,35,36,39)/t15-,17-,18-/m1/s1. The predicted molar refractivity (Wildman–Crippen MR) is 160 cm³/mol. The summed E-state index contributed by atoms with van der Waals surface area (Å²) in [6.07, 6.45) is 0.181. The van der Waals surface area contributed by atoms with Gasteiger partial charge in [0.25, 0.3) is 0 Å². The molecule has 2 aliphatic rings. The second-order valence-corrected chi connectivity index (χ2v) is 12.2. The zero-order valence-corrected chi connectivity index (χ0v) is 25.6. The van der Waals surface area contributed by atoms with Crippen molar-refractivity contribution in [3.05, 3.63) is 33.9 Å². The van der Waals surface area contributed by atoms with Crippen molar-refractivity contribution >= 4 is 64.0 Å². The van der Waals surface area contributed by atoms with Gasteiger partial charge in [0.1, 0.15) is 5.52 Å². The van der Waals surface area contributed by atoms with E-state index in [0.717, 1.165) is 25.0 Å². The number of fused-ring (bicyclic) bond motifs is 1. The van der Waals surface area contributed by atoms with Crippen LogP contribution in [0.15, 0.2) is 18.3 Å². The third-order valence-corrected chi connectivity index (χ3v) is 8.45. The zero-order valence-electron chi connectivity index (χ0n) is 24.1. The number of carbonyl (C=O) groups excluding carboxylic acids is 2. The van der Waals surface area contributed by atoms with Crippen LogP contribution in [0.2, 0.25) is 10.0 Å². The van der Waals surface area contributed by atoms with E-state index in [0.29, 0.717) is 55.9 Å². The Hall–Kier alpha value is -3.52. The maximum atomic E-state index is 13.3. The molecule has 3 aromatic rings. The summed E-state index contributed by atoms with van der Waals surface area (Å²) in [6, 6.07) is 1.31. The minimum Gasteiger partial charge on any atom is -0.447 e. The zero-order chi connectivity index (χ0) is 31.8. The van der Waals surface area contributed by atoms with Gasteiger partial charge in [-0.2, -0.15) is 18.2 Å². The van der Waals surface area contributed by atoms with Crippen molar-refractivity contribution in [2.45, 2.75) is 76.7 Å². The van der Waals surface area contributed by atoms with E-state index in [1.165, 1.54) is 0 Å². The number of amides is 2. The van der Waals surface area contributed by atoms with Crippen molar-refractivity contribution in [1.82, 2.24) is 24.4 Å². The van der Waals surface area contributed by atoms with Crippen LogP contribution in [0.5, 0.6) is 0 Å². The number of hydrogen-bond acceptors (Lipinski definition) is 8. The van der Waals surface area contributed by atoms with Gasteiger partial charge in [-0.1, -0.05) is 23.2 Å². The number of nitrogens with one attached hydrogen (secondary N) is 2. The third-order valence-electron chi connectivity index (χ3n) is 7.85. The van der Waals surface area contributed by atoms with Crippen molar-refractivity contribution in [2.24, 2.45) is 11.7 Å². The highest BCUT2D eigenvalue weighted by Crippen LogP contribution is 2.42. The monoisotopic (exact) mass is 656 g/mol. The largest absolute Gasteiger partial charge is 0.447 e. The summed E-state index contributed by atoms with van der Waals surface area (Å²) in [5, 5.41) is 5.88. The van der Waals surface area contributed by atoms with E-state index in [4.69, 9.17) is 38.7 Å². The highest BCUT2D eigenvalue weighted by Gasteiger charge is 2.33. The van der Waals surface area contributed by atoms with Gasteiger partial charge in [-0.3, -0.25) is 9.36 Å². The molecule has 1 saturated heterocycles. The number of piperidine rings is 1. The summed E-state index contributed by atoms with van der Waals surface area (Å²) in [4.78, 5) is 39.8. The molecule has 2 aromatic heterocycles. The Bertz CT molecular complexity index is 1520. The Kier molecular flexibility index (Phi) is 9.30. The van der Waals surface area contributed by atoms with E-state index in [2.05, 4.69) is 20.6 Å². The summed E-state index contributed by atoms with van der Waals surface area (Å²) < 4.78 is 47.2. The van der Waals surface area contributed by atoms with E-state index >= 15 is 0 Å². The van der Waals surface area contributed by atoms with Crippen LogP contribution >= 0.6 is 23.2 Å². The van der Waals surface area contributed by atoms with Crippen LogP contribution in [0, 0.1) is 5.92 Å². The number of primary amides is 1. The van der Waals surface area contributed by atoms with Crippen molar-refractivity contribution in [3.63, 3.8) is 0 Å². The SMILES string of the molecule is CC(C)OC(=O)N1CCC[C@@H](Nc2ncc3nc(Nc4c(Cl)cc(C(F)(F)F)cc4Cl)n([C@H]4CC[C@H](C(N)=O)CC4)c3n2)C1. The summed E-state index contributed by atoms with van der Waals surface area (Å²) in [5.41, 5.74) is 5.54. The number of imidazole rings is 1. The fourth-order valence-electron chi connectivity index (χ4n) is 5.70. The fourth-order valence-corrected chi connectivity index (χ4v) is 6.28. The number of rotatable bonds is 7. The Morgan fingerprint density at radius 1 is 1.09 bits per heavy atom. The molecule has 0 radical (unpaired) electrons. The minimum atomic E-state index is -4.62. The number of hydrogen-bond donors (Lipinski definition) is 3. The summed E-state index contributed by atoms with van der Waals surface area (Å²) >= 11 is 12.5. The lowest BCUT2D eigenvalue weighted by molar-refractivity contribution is -0.137. The number of carbonyl (C=O) groups is 2. The second-order valence-electron chi connectivity index (χ2n) is 11.4. The molecular formula is C28H33Cl2F3N8O3. The van der Waals surface area contributed by atoms with E-state index in [1.807, 2.05) is 4.57 Å². The fraction of sp³-hybridized carbons (Fsp3) is 0.536. The lowest BCUT2D eigenvalue weighted by atomic mass is 9.85. The molecule has 4 N–H and O–H groups in total. The molecule has 1 aliphatic carbocycles. The lowest BCUT2D eigenvalue weighted by Crippen LogP contribution is -2.46. The molecule has 3 heterocycles. The Labute approximate surface area is 261 Å². The molecule has 2 fully saturated rings. The maximum absolute atomic E-state index is 13.3. The average molecular weight is 658 g/mol. The van der Waals surface area contributed by atoms with Crippen LogP contribution in [0.1, 0.15) is 64.0 Å². The van der Waals surface area contributed by atoms with Gasteiger partial charge in [0.2, 0.25) is 17.8 Å². The predicted octanol–water partition coefficient (Wildman–Crippen LogP) is 6.53. The van der Waals surface area contributed by atoms with Crippen LogP contribution in [0.3, 0.4) is 0 Å². The van der Waals surface area contributed by atoms with Crippen molar-refractivity contribution in [3.8, 4) is 0 Å². The molecule has 238 valence electrons. The number of ether oxygens (including phenoxy) is 1. The molecule has 0 bridgehead atoms. The molecule has 0 spiro atoms. The molecule has 16 heteroatoms. The number of aromatic nitrogens is 4. The van der Waals surface area contributed by atoms with E-state index in [-0.39, 0.29) is 57.8 Å². The molecule has 0 unspecified atom stereocenters. The molecule has 2 amide bonds. The van der Waals surface area contributed by atoms with Crippen LogP contribution in [-0.2, 0) is 15.7 Å². The first-order valence-electron chi connectivity index (χ1n) is 14.4. The summed E-state index contributed by atoms with van der Waals surface area (Å²) in [6.45, 7) is 4.61. The van der Waals surface area contributed by atoms with Gasteiger partial charge in [-0.25, -0.2) is 14.8 Å². The van der Waals surface area contributed by atoms with Gasteiger partial charge in [-0.05, 0) is 64.5 Å². The second kappa shape index (κ2) is 12.8. The van der Waals surface area contributed by atoms with E-state index in [1.54, 1.807) is 24.9 Å². The van der Waals surface area contributed by atoms with Gasteiger partial charge >= 0.3 is 12.3 Å². The first-order chi connectivity index (χ1) is 20.8. The maximum Gasteiger partial charge on any atom is 0.416 e. The number of alkyl halides is 3. The van der Waals surface area contributed by atoms with Crippen LogP contribution in [-0.4, -0.2) is 61.7 Å². The first kappa shape index (κ1) is 31.9. The average Bonchev–Trinajstić information content (AvgIpc) is 3.31. The van der Waals surface area contributed by atoms with E-state index < -0.39 is 11.7 Å². The van der Waals surface area contributed by atoms with Crippen LogP contribution in [0.4, 0.5) is 35.5 Å². The third kappa shape index (κ3) is 7.06. The van der Waals surface area contributed by atoms with Crippen LogP contribution < -0.4 is 16.4 Å². The first-order valence-corrected chi connectivity index (χ1v) is 15.2. The summed E-state index contributed by atoms with van der Waals surface area (Å²) in [5.74, 6) is -0.0172. The molecule has 1 aliphatic heterocycles. The Morgan fingerprint density at radius 2 is 1.77 bits per heavy atom. The highest BCUT2D eigenvalue weighted by molar-refractivity contribution is 6.39. The summed E-state index contributed by atoms with van der Waals surface area (Å²) in [7, 11) is 0. The number of nitrogens with zero attached hydrogens (tertiary/aromatic N) is 5. The van der Waals surface area contributed by atoms with Gasteiger partial charge in [-0.15, -0.1) is 0 Å². The molecule has 1 aromatic carbocycles. The highest BCUT2D eigenvalue weighted by atomic mass is 35.5. The number of nitrogens with two attached hydrogens (primary N) is 1. The Morgan fingerprint density at radius 3 is 2.39 bits per heavy atom. The molecule has 1 saturated carbocycles. The number of halogens is 5.